The first-order valence-electron chi connectivity index (χ1n) is 8.06. The summed E-state index contributed by atoms with van der Waals surface area (Å²) in [5, 5.41) is 7.59. The molecule has 0 bridgehead atoms. The van der Waals surface area contributed by atoms with E-state index in [1.165, 1.54) is 25.7 Å². The molecule has 2 fully saturated rings. The van der Waals surface area contributed by atoms with Gasteiger partial charge in [-0.25, -0.2) is 0 Å². The van der Waals surface area contributed by atoms with Gasteiger partial charge in [0.15, 0.2) is 5.82 Å². The summed E-state index contributed by atoms with van der Waals surface area (Å²) in [6, 6.07) is 0.414. The molecule has 1 atom stereocenters. The summed E-state index contributed by atoms with van der Waals surface area (Å²) < 4.78 is 10.6. The maximum absolute atomic E-state index is 5.52. The Hall–Kier alpha value is -0.980. The van der Waals surface area contributed by atoms with Crippen LogP contribution in [-0.2, 0) is 11.3 Å². The second kappa shape index (κ2) is 6.42. The molecule has 0 amide bonds. The summed E-state index contributed by atoms with van der Waals surface area (Å²) >= 11 is 0. The lowest BCUT2D eigenvalue weighted by Crippen LogP contribution is -2.61. The van der Waals surface area contributed by atoms with Crippen molar-refractivity contribution in [2.24, 2.45) is 0 Å². The van der Waals surface area contributed by atoms with Crippen molar-refractivity contribution in [3.8, 4) is 0 Å². The fourth-order valence-corrected chi connectivity index (χ4v) is 3.87. The second-order valence-electron chi connectivity index (χ2n) is 6.24. The largest absolute Gasteiger partial charge is 0.379 e. The van der Waals surface area contributed by atoms with Crippen LogP contribution in [0.3, 0.4) is 0 Å². The Labute approximate surface area is 126 Å². The van der Waals surface area contributed by atoms with Gasteiger partial charge < -0.3 is 14.6 Å². The van der Waals surface area contributed by atoms with Gasteiger partial charge in [-0.2, -0.15) is 4.98 Å². The summed E-state index contributed by atoms with van der Waals surface area (Å²) in [7, 11) is 0. The van der Waals surface area contributed by atoms with E-state index in [1.54, 1.807) is 0 Å². The molecule has 1 aromatic rings. The Morgan fingerprint density at radius 1 is 1.29 bits per heavy atom. The lowest BCUT2D eigenvalue weighted by molar-refractivity contribution is -0.0335. The number of morpholine rings is 1. The molecule has 0 radical (unpaired) electrons. The highest BCUT2D eigenvalue weighted by Crippen LogP contribution is 2.38. The molecule has 0 aromatic carbocycles. The van der Waals surface area contributed by atoms with Crippen molar-refractivity contribution >= 4 is 0 Å². The molecular weight excluding hydrogens is 268 g/mol. The molecule has 0 unspecified atom stereocenters. The Balaban J connectivity index is 1.65. The Kier molecular flexibility index (Phi) is 4.57. The first kappa shape index (κ1) is 14.9. The minimum Gasteiger partial charge on any atom is -0.379 e. The average molecular weight is 294 g/mol. The minimum atomic E-state index is 0.266. The third-order valence-corrected chi connectivity index (χ3v) is 5.05. The van der Waals surface area contributed by atoms with E-state index < -0.39 is 0 Å². The molecular formula is C15H26N4O2. The maximum Gasteiger partial charge on any atom is 0.223 e. The van der Waals surface area contributed by atoms with Gasteiger partial charge in [0.2, 0.25) is 5.89 Å². The lowest BCUT2D eigenvalue weighted by atomic mass is 9.86. The molecule has 1 saturated carbocycles. The van der Waals surface area contributed by atoms with Crippen molar-refractivity contribution in [1.29, 1.82) is 0 Å². The van der Waals surface area contributed by atoms with E-state index in [1.807, 2.05) is 6.92 Å². The molecule has 1 aromatic heterocycles. The maximum atomic E-state index is 5.52. The van der Waals surface area contributed by atoms with Gasteiger partial charge in [-0.05, 0) is 19.8 Å². The molecule has 118 valence electrons. The van der Waals surface area contributed by atoms with Crippen LogP contribution in [0.4, 0.5) is 0 Å². The third-order valence-electron chi connectivity index (χ3n) is 5.05. The summed E-state index contributed by atoms with van der Waals surface area (Å²) in [5.41, 5.74) is 0.266. The second-order valence-corrected chi connectivity index (χ2v) is 6.24. The molecule has 21 heavy (non-hydrogen) atoms. The smallest absolute Gasteiger partial charge is 0.223 e. The molecule has 1 aliphatic heterocycles. The van der Waals surface area contributed by atoms with Crippen molar-refractivity contribution < 1.29 is 9.26 Å². The highest BCUT2D eigenvalue weighted by molar-refractivity contribution is 5.03. The van der Waals surface area contributed by atoms with E-state index in [-0.39, 0.29) is 5.54 Å². The van der Waals surface area contributed by atoms with E-state index in [2.05, 4.69) is 27.3 Å². The summed E-state index contributed by atoms with van der Waals surface area (Å²) in [5.74, 6) is 1.37. The highest BCUT2D eigenvalue weighted by atomic mass is 16.5. The van der Waals surface area contributed by atoms with Crippen LogP contribution in [0.15, 0.2) is 4.52 Å². The average Bonchev–Trinajstić information content (AvgIpc) is 3.15. The number of aromatic nitrogens is 2. The number of rotatable bonds is 5. The molecule has 0 spiro atoms. The standard InChI is InChI=1S/C15H26N4O2/c1-12(16-11-14-17-13(2)21-18-14)15(5-3-4-6-15)19-7-9-20-10-8-19/h12,16H,3-11H2,1-2H3/t12-/m1/s1. The lowest BCUT2D eigenvalue weighted by Gasteiger charge is -2.47. The van der Waals surface area contributed by atoms with Gasteiger partial charge in [-0.15, -0.1) is 0 Å². The first-order chi connectivity index (χ1) is 10.2. The Morgan fingerprint density at radius 3 is 2.62 bits per heavy atom. The van der Waals surface area contributed by atoms with Crippen molar-refractivity contribution in [1.82, 2.24) is 20.4 Å². The number of aryl methyl sites for hydroxylation is 1. The zero-order valence-corrected chi connectivity index (χ0v) is 13.1. The summed E-state index contributed by atoms with van der Waals surface area (Å²) in [6.07, 6.45) is 5.19. The third kappa shape index (κ3) is 3.12. The van der Waals surface area contributed by atoms with Crippen LogP contribution in [-0.4, -0.2) is 52.9 Å². The predicted octanol–water partition coefficient (Wildman–Crippen LogP) is 1.50. The van der Waals surface area contributed by atoms with E-state index in [9.17, 15) is 0 Å². The molecule has 1 aliphatic carbocycles. The minimum absolute atomic E-state index is 0.266. The summed E-state index contributed by atoms with van der Waals surface area (Å²) in [4.78, 5) is 6.91. The van der Waals surface area contributed by atoms with E-state index in [0.717, 1.165) is 32.1 Å². The number of hydrogen-bond acceptors (Lipinski definition) is 6. The van der Waals surface area contributed by atoms with Crippen LogP contribution in [0.1, 0.15) is 44.3 Å². The fourth-order valence-electron chi connectivity index (χ4n) is 3.87. The van der Waals surface area contributed by atoms with E-state index in [0.29, 0.717) is 18.5 Å². The van der Waals surface area contributed by atoms with Gasteiger partial charge >= 0.3 is 0 Å². The van der Waals surface area contributed by atoms with Gasteiger partial charge in [-0.3, -0.25) is 4.90 Å². The van der Waals surface area contributed by atoms with Crippen LogP contribution in [0.25, 0.3) is 0 Å². The van der Waals surface area contributed by atoms with Crippen LogP contribution in [0, 0.1) is 6.92 Å². The molecule has 3 rings (SSSR count). The van der Waals surface area contributed by atoms with Crippen molar-refractivity contribution in [3.63, 3.8) is 0 Å². The van der Waals surface area contributed by atoms with Crippen LogP contribution < -0.4 is 5.32 Å². The van der Waals surface area contributed by atoms with Gasteiger partial charge in [0.1, 0.15) is 0 Å². The monoisotopic (exact) mass is 294 g/mol. The Bertz CT molecular complexity index is 450. The van der Waals surface area contributed by atoms with Crippen molar-refractivity contribution in [3.05, 3.63) is 11.7 Å². The van der Waals surface area contributed by atoms with Gasteiger partial charge in [0.25, 0.3) is 0 Å². The summed E-state index contributed by atoms with van der Waals surface area (Å²) in [6.45, 7) is 8.61. The molecule has 6 nitrogen and oxygen atoms in total. The van der Waals surface area contributed by atoms with Gasteiger partial charge in [0.05, 0.1) is 19.8 Å². The molecule has 2 aliphatic rings. The topological polar surface area (TPSA) is 63.4 Å². The predicted molar refractivity (Wildman–Crippen MR) is 78.9 cm³/mol. The number of ether oxygens (including phenoxy) is 1. The normalized spacial score (nSPS) is 24.3. The van der Waals surface area contributed by atoms with E-state index >= 15 is 0 Å². The zero-order valence-electron chi connectivity index (χ0n) is 13.1. The molecule has 1 N–H and O–H groups in total. The number of nitrogens with zero attached hydrogens (tertiary/aromatic N) is 3. The van der Waals surface area contributed by atoms with Crippen molar-refractivity contribution in [2.45, 2.75) is 57.7 Å². The van der Waals surface area contributed by atoms with Gasteiger partial charge in [-0.1, -0.05) is 18.0 Å². The first-order valence-corrected chi connectivity index (χ1v) is 8.06. The van der Waals surface area contributed by atoms with Crippen LogP contribution >= 0.6 is 0 Å². The zero-order chi connectivity index (χ0) is 14.7. The van der Waals surface area contributed by atoms with Gasteiger partial charge in [0, 0.05) is 31.6 Å². The quantitative estimate of drug-likeness (QED) is 0.888. The number of nitrogens with one attached hydrogen (secondary N) is 1. The molecule has 6 heteroatoms. The van der Waals surface area contributed by atoms with Crippen molar-refractivity contribution in [2.75, 3.05) is 26.3 Å². The molecule has 2 heterocycles. The Morgan fingerprint density at radius 2 is 2.00 bits per heavy atom. The van der Waals surface area contributed by atoms with E-state index in [4.69, 9.17) is 9.26 Å². The van der Waals surface area contributed by atoms with Crippen LogP contribution in [0.2, 0.25) is 0 Å². The highest BCUT2D eigenvalue weighted by Gasteiger charge is 2.44. The van der Waals surface area contributed by atoms with Crippen LogP contribution in [0.5, 0.6) is 0 Å². The fraction of sp³-hybridized carbons (Fsp3) is 0.867. The number of hydrogen-bond donors (Lipinski definition) is 1. The SMILES string of the molecule is Cc1nc(CN[C@H](C)C2(N3CCOCC3)CCCC2)no1. The molecule has 1 saturated heterocycles.